The Labute approximate surface area is 174 Å². The van der Waals surface area contributed by atoms with E-state index in [0.717, 1.165) is 5.56 Å². The summed E-state index contributed by atoms with van der Waals surface area (Å²) in [6.45, 7) is 2.48. The zero-order valence-corrected chi connectivity index (χ0v) is 16.6. The highest BCUT2D eigenvalue weighted by atomic mass is 19.1. The van der Waals surface area contributed by atoms with Crippen molar-refractivity contribution in [2.75, 3.05) is 26.2 Å². The van der Waals surface area contributed by atoms with E-state index < -0.39 is 5.60 Å². The van der Waals surface area contributed by atoms with Crippen molar-refractivity contribution in [1.82, 2.24) is 24.6 Å². The molecule has 0 bridgehead atoms. The Morgan fingerprint density at radius 1 is 1.07 bits per heavy atom. The van der Waals surface area contributed by atoms with Crippen LogP contribution in [0.15, 0.2) is 67.3 Å². The van der Waals surface area contributed by atoms with Crippen LogP contribution >= 0.6 is 0 Å². The van der Waals surface area contributed by atoms with Crippen LogP contribution in [-0.2, 0) is 13.1 Å². The van der Waals surface area contributed by atoms with Crippen LogP contribution in [0.4, 0.5) is 4.39 Å². The van der Waals surface area contributed by atoms with Gasteiger partial charge in [0.2, 0.25) is 0 Å². The molecule has 0 spiro atoms. The molecule has 4 rings (SSSR count). The minimum Gasteiger partial charge on any atom is -0.385 e. The van der Waals surface area contributed by atoms with Gasteiger partial charge in [0.1, 0.15) is 24.1 Å². The number of β-amino-alcohol motifs (C(OH)–C–C–N with tert-alkyl or cyclic N) is 1. The van der Waals surface area contributed by atoms with E-state index in [-0.39, 0.29) is 24.8 Å². The Morgan fingerprint density at radius 3 is 2.53 bits per heavy atom. The van der Waals surface area contributed by atoms with E-state index >= 15 is 0 Å². The Kier molecular flexibility index (Phi) is 5.87. The zero-order valence-electron chi connectivity index (χ0n) is 16.6. The summed E-state index contributed by atoms with van der Waals surface area (Å²) in [4.78, 5) is 20.8. The van der Waals surface area contributed by atoms with Crippen molar-refractivity contribution in [3.63, 3.8) is 0 Å². The van der Waals surface area contributed by atoms with Crippen molar-refractivity contribution in [3.8, 4) is 0 Å². The quantitative estimate of drug-likeness (QED) is 0.696. The highest BCUT2D eigenvalue weighted by Gasteiger charge is 2.37. The summed E-state index contributed by atoms with van der Waals surface area (Å²) in [7, 11) is 0. The van der Waals surface area contributed by atoms with Crippen molar-refractivity contribution in [3.05, 3.63) is 84.2 Å². The molecule has 3 aromatic rings. The third-order valence-electron chi connectivity index (χ3n) is 5.24. The maximum absolute atomic E-state index is 13.3. The maximum Gasteiger partial charge on any atom is 0.254 e. The monoisotopic (exact) mass is 409 g/mol. The number of carbonyl (C=O) groups excluding carboxylic acids is 1. The lowest BCUT2D eigenvalue weighted by Crippen LogP contribution is -2.51. The Bertz CT molecular complexity index is 965. The highest BCUT2D eigenvalue weighted by molar-refractivity contribution is 5.94. The fraction of sp³-hybridized carbons (Fsp3) is 0.318. The smallest absolute Gasteiger partial charge is 0.254 e. The molecule has 1 amide bonds. The van der Waals surface area contributed by atoms with E-state index in [4.69, 9.17) is 0 Å². The zero-order chi connectivity index (χ0) is 21.0. The molecule has 1 fully saturated rings. The second-order valence-corrected chi connectivity index (χ2v) is 7.75. The summed E-state index contributed by atoms with van der Waals surface area (Å²) in [5.41, 5.74) is 0.323. The number of aromatic nitrogens is 3. The molecule has 1 atom stereocenters. The van der Waals surface area contributed by atoms with E-state index in [9.17, 15) is 14.3 Å². The van der Waals surface area contributed by atoms with Crippen LogP contribution in [0.25, 0.3) is 0 Å². The summed E-state index contributed by atoms with van der Waals surface area (Å²) in [6, 6.07) is 15.5. The normalized spacial score (nSPS) is 20.1. The standard InChI is InChI=1S/C22H24FN5O2/c23-20-8-6-19(7-9-20)21(29)27-11-10-26(12-18-4-2-1-3-5-18)13-22(30,14-27)15-28-17-24-16-25-28/h1-9,16-17,30H,10-15H2. The molecule has 7 nitrogen and oxygen atoms in total. The molecule has 1 N–H and O–H groups in total. The SMILES string of the molecule is O=C(c1ccc(F)cc1)N1CCN(Cc2ccccc2)CC(O)(Cn2cncn2)C1. The average Bonchev–Trinajstić information content (AvgIpc) is 3.18. The van der Waals surface area contributed by atoms with Crippen molar-refractivity contribution < 1.29 is 14.3 Å². The lowest BCUT2D eigenvalue weighted by atomic mass is 10.0. The molecule has 1 aliphatic rings. The van der Waals surface area contributed by atoms with Crippen LogP contribution < -0.4 is 0 Å². The predicted octanol–water partition coefficient (Wildman–Crippen LogP) is 1.81. The first-order valence-corrected chi connectivity index (χ1v) is 9.87. The summed E-state index contributed by atoms with van der Waals surface area (Å²) in [5.74, 6) is -0.618. The van der Waals surface area contributed by atoms with E-state index in [1.54, 1.807) is 15.9 Å². The van der Waals surface area contributed by atoms with Crippen LogP contribution in [0, 0.1) is 5.82 Å². The number of halogens is 1. The van der Waals surface area contributed by atoms with Gasteiger partial charge in [0.25, 0.3) is 5.91 Å². The maximum atomic E-state index is 13.3. The van der Waals surface area contributed by atoms with Gasteiger partial charge in [-0.05, 0) is 29.8 Å². The van der Waals surface area contributed by atoms with Gasteiger partial charge in [-0.3, -0.25) is 9.69 Å². The number of hydrogen-bond acceptors (Lipinski definition) is 5. The second kappa shape index (κ2) is 8.73. The molecule has 156 valence electrons. The molecule has 0 radical (unpaired) electrons. The summed E-state index contributed by atoms with van der Waals surface area (Å²) >= 11 is 0. The molecule has 2 aromatic carbocycles. The first-order chi connectivity index (χ1) is 14.5. The van der Waals surface area contributed by atoms with Crippen LogP contribution in [0.3, 0.4) is 0 Å². The Morgan fingerprint density at radius 2 is 1.83 bits per heavy atom. The van der Waals surface area contributed by atoms with Gasteiger partial charge < -0.3 is 10.0 Å². The van der Waals surface area contributed by atoms with Crippen molar-refractivity contribution in [2.45, 2.75) is 18.7 Å². The minimum absolute atomic E-state index is 0.147. The minimum atomic E-state index is -1.21. The van der Waals surface area contributed by atoms with Gasteiger partial charge in [-0.15, -0.1) is 0 Å². The van der Waals surface area contributed by atoms with Crippen LogP contribution in [0.2, 0.25) is 0 Å². The number of rotatable bonds is 5. The third-order valence-corrected chi connectivity index (χ3v) is 5.24. The third kappa shape index (κ3) is 4.90. The molecule has 1 unspecified atom stereocenters. The Hall–Kier alpha value is -3.10. The molecule has 0 aliphatic carbocycles. The van der Waals surface area contributed by atoms with Crippen LogP contribution in [0.1, 0.15) is 15.9 Å². The molecule has 1 aromatic heterocycles. The van der Waals surface area contributed by atoms with Gasteiger partial charge in [0.15, 0.2) is 0 Å². The lowest BCUT2D eigenvalue weighted by molar-refractivity contribution is -0.0184. The fourth-order valence-electron chi connectivity index (χ4n) is 3.88. The van der Waals surface area contributed by atoms with Gasteiger partial charge in [-0.25, -0.2) is 14.1 Å². The first kappa shape index (κ1) is 20.2. The van der Waals surface area contributed by atoms with E-state index in [2.05, 4.69) is 15.0 Å². The number of amides is 1. The topological polar surface area (TPSA) is 74.5 Å². The molecule has 30 heavy (non-hydrogen) atoms. The summed E-state index contributed by atoms with van der Waals surface area (Å²) in [5, 5.41) is 15.6. The van der Waals surface area contributed by atoms with Gasteiger partial charge >= 0.3 is 0 Å². The lowest BCUT2D eigenvalue weighted by Gasteiger charge is -2.33. The molecular weight excluding hydrogens is 385 g/mol. The highest BCUT2D eigenvalue weighted by Crippen LogP contribution is 2.20. The summed E-state index contributed by atoms with van der Waals surface area (Å²) in [6.07, 6.45) is 2.97. The first-order valence-electron chi connectivity index (χ1n) is 9.87. The largest absolute Gasteiger partial charge is 0.385 e. The van der Waals surface area contributed by atoms with Crippen LogP contribution in [0.5, 0.6) is 0 Å². The predicted molar refractivity (Wildman–Crippen MR) is 109 cm³/mol. The Balaban J connectivity index is 1.57. The summed E-state index contributed by atoms with van der Waals surface area (Å²) < 4.78 is 14.8. The molecule has 1 saturated heterocycles. The average molecular weight is 409 g/mol. The van der Waals surface area contributed by atoms with Crippen LogP contribution in [-0.4, -0.2) is 67.4 Å². The van der Waals surface area contributed by atoms with Gasteiger partial charge in [0.05, 0.1) is 13.1 Å². The fourth-order valence-corrected chi connectivity index (χ4v) is 3.88. The molecule has 0 saturated carbocycles. The molecular formula is C22H24FN5O2. The van der Waals surface area contributed by atoms with E-state index in [0.29, 0.717) is 31.7 Å². The van der Waals surface area contributed by atoms with Gasteiger partial charge in [-0.1, -0.05) is 30.3 Å². The molecule has 1 aliphatic heterocycles. The number of hydrogen-bond donors (Lipinski definition) is 1. The second-order valence-electron chi connectivity index (χ2n) is 7.75. The van der Waals surface area contributed by atoms with E-state index in [1.807, 2.05) is 30.3 Å². The van der Waals surface area contributed by atoms with Crippen molar-refractivity contribution >= 4 is 5.91 Å². The van der Waals surface area contributed by atoms with Crippen molar-refractivity contribution in [2.24, 2.45) is 0 Å². The van der Waals surface area contributed by atoms with Gasteiger partial charge in [-0.2, -0.15) is 5.10 Å². The molecule has 2 heterocycles. The molecule has 8 heteroatoms. The number of aliphatic hydroxyl groups is 1. The number of nitrogens with zero attached hydrogens (tertiary/aromatic N) is 5. The van der Waals surface area contributed by atoms with Crippen molar-refractivity contribution in [1.29, 1.82) is 0 Å². The van der Waals surface area contributed by atoms with Gasteiger partial charge in [0, 0.05) is 31.7 Å². The number of carbonyl (C=O) groups is 1. The van der Waals surface area contributed by atoms with E-state index in [1.165, 1.54) is 30.6 Å². The number of benzene rings is 2.